The number of carboxylic acids is 1. The molecule has 7 heteroatoms. The maximum atomic E-state index is 11.7. The minimum Gasteiger partial charge on any atom is -0.477 e. The monoisotopic (exact) mass is 378 g/mol. The molecule has 2 aliphatic heterocycles. The van der Waals surface area contributed by atoms with E-state index in [0.717, 1.165) is 55.0 Å². The summed E-state index contributed by atoms with van der Waals surface area (Å²) in [6, 6.07) is 11.3. The van der Waals surface area contributed by atoms with Gasteiger partial charge in [-0.25, -0.2) is 14.5 Å². The van der Waals surface area contributed by atoms with Crippen molar-refractivity contribution in [1.82, 2.24) is 14.8 Å². The molecule has 3 aromatic rings. The maximum Gasteiger partial charge on any atom is 0.354 e. The number of hydrogen-bond acceptors (Lipinski definition) is 5. The number of benzene rings is 1. The summed E-state index contributed by atoms with van der Waals surface area (Å²) in [6.45, 7) is 4.31. The lowest BCUT2D eigenvalue weighted by Crippen LogP contribution is -2.64. The SMILES string of the molecule is Cc1nn(-c2ccccc2)c2nc(C(=O)O)cc(N3CC4(CCCCO4)C3)c12. The fraction of sp³-hybridized carbons (Fsp3) is 0.381. The highest BCUT2D eigenvalue weighted by atomic mass is 16.5. The van der Waals surface area contributed by atoms with E-state index in [1.165, 1.54) is 6.42 Å². The molecular formula is C21H22N4O3. The number of hydrogen-bond donors (Lipinski definition) is 1. The number of rotatable bonds is 3. The van der Waals surface area contributed by atoms with Crippen molar-refractivity contribution in [3.8, 4) is 5.69 Å². The highest BCUT2D eigenvalue weighted by Gasteiger charge is 2.46. The van der Waals surface area contributed by atoms with Crippen LogP contribution in [0.3, 0.4) is 0 Å². The molecule has 2 fully saturated rings. The van der Waals surface area contributed by atoms with Gasteiger partial charge in [0, 0.05) is 19.7 Å². The van der Waals surface area contributed by atoms with E-state index in [1.807, 2.05) is 37.3 Å². The molecule has 144 valence electrons. The Labute approximate surface area is 162 Å². The number of anilines is 1. The standard InChI is InChI=1S/C21H22N4O3/c1-14-18-17(24-12-21(13-24)9-5-6-10-28-21)11-16(20(26)27)22-19(18)25(23-14)15-7-3-2-4-8-15/h2-4,7-8,11H,5-6,9-10,12-13H2,1H3,(H,26,27). The number of carbonyl (C=O) groups is 1. The largest absolute Gasteiger partial charge is 0.477 e. The van der Waals surface area contributed by atoms with Gasteiger partial charge in [0.1, 0.15) is 5.60 Å². The number of fused-ring (bicyclic) bond motifs is 1. The predicted molar refractivity (Wildman–Crippen MR) is 105 cm³/mol. The third kappa shape index (κ3) is 2.65. The van der Waals surface area contributed by atoms with Crippen molar-refractivity contribution < 1.29 is 14.6 Å². The Kier molecular flexibility index (Phi) is 3.87. The highest BCUT2D eigenvalue weighted by Crippen LogP contribution is 2.40. The van der Waals surface area contributed by atoms with Gasteiger partial charge in [-0.05, 0) is 44.4 Å². The predicted octanol–water partition coefficient (Wildman–Crippen LogP) is 3.19. The van der Waals surface area contributed by atoms with Crippen molar-refractivity contribution in [2.45, 2.75) is 31.8 Å². The first kappa shape index (κ1) is 17.2. The van der Waals surface area contributed by atoms with Crippen LogP contribution in [0.1, 0.15) is 35.4 Å². The van der Waals surface area contributed by atoms with Crippen LogP contribution in [0.2, 0.25) is 0 Å². The van der Waals surface area contributed by atoms with Crippen molar-refractivity contribution in [2.24, 2.45) is 0 Å². The second-order valence-electron chi connectivity index (χ2n) is 7.71. The number of nitrogens with zero attached hydrogens (tertiary/aromatic N) is 4. The Morgan fingerprint density at radius 2 is 2.00 bits per heavy atom. The zero-order chi connectivity index (χ0) is 19.3. The van der Waals surface area contributed by atoms with Crippen molar-refractivity contribution in [2.75, 3.05) is 24.6 Å². The van der Waals surface area contributed by atoms with E-state index < -0.39 is 5.97 Å². The number of aromatic nitrogens is 3. The van der Waals surface area contributed by atoms with Gasteiger partial charge in [0.2, 0.25) is 0 Å². The van der Waals surface area contributed by atoms with Crippen LogP contribution in [0.5, 0.6) is 0 Å². The summed E-state index contributed by atoms with van der Waals surface area (Å²) in [5, 5.41) is 15.2. The summed E-state index contributed by atoms with van der Waals surface area (Å²) in [5.74, 6) is -1.04. The molecule has 1 aromatic carbocycles. The topological polar surface area (TPSA) is 80.5 Å². The Morgan fingerprint density at radius 1 is 1.21 bits per heavy atom. The fourth-order valence-electron chi connectivity index (χ4n) is 4.35. The Bertz CT molecular complexity index is 1050. The lowest BCUT2D eigenvalue weighted by atomic mass is 9.85. The number of pyridine rings is 1. The van der Waals surface area contributed by atoms with Gasteiger partial charge in [0.05, 0.1) is 22.5 Å². The van der Waals surface area contributed by atoms with Crippen molar-refractivity contribution >= 4 is 22.7 Å². The van der Waals surface area contributed by atoms with Crippen LogP contribution in [0, 0.1) is 6.92 Å². The van der Waals surface area contributed by atoms with Gasteiger partial charge < -0.3 is 14.7 Å². The molecule has 1 spiro atoms. The minimum absolute atomic E-state index is 0.0325. The zero-order valence-corrected chi connectivity index (χ0v) is 15.8. The van der Waals surface area contributed by atoms with Crippen LogP contribution in [0.15, 0.2) is 36.4 Å². The molecule has 0 unspecified atom stereocenters. The number of carboxylic acid groups (broad SMARTS) is 1. The van der Waals surface area contributed by atoms with E-state index in [9.17, 15) is 9.90 Å². The molecule has 0 saturated carbocycles. The highest BCUT2D eigenvalue weighted by molar-refractivity contribution is 5.98. The van der Waals surface area contributed by atoms with Crippen LogP contribution in [-0.2, 0) is 4.74 Å². The summed E-state index contributed by atoms with van der Waals surface area (Å²) in [6.07, 6.45) is 3.37. The van der Waals surface area contributed by atoms with Gasteiger partial charge in [0.25, 0.3) is 0 Å². The molecular weight excluding hydrogens is 356 g/mol. The smallest absolute Gasteiger partial charge is 0.354 e. The summed E-state index contributed by atoms with van der Waals surface area (Å²) >= 11 is 0. The number of aromatic carboxylic acids is 1. The fourth-order valence-corrected chi connectivity index (χ4v) is 4.35. The summed E-state index contributed by atoms with van der Waals surface area (Å²) < 4.78 is 7.78. The second kappa shape index (κ2) is 6.31. The first-order valence-electron chi connectivity index (χ1n) is 9.64. The molecule has 0 atom stereocenters. The quantitative estimate of drug-likeness (QED) is 0.754. The molecule has 0 amide bonds. The average Bonchev–Trinajstić information content (AvgIpc) is 3.03. The van der Waals surface area contributed by atoms with E-state index in [-0.39, 0.29) is 11.3 Å². The number of ether oxygens (including phenoxy) is 1. The van der Waals surface area contributed by atoms with Crippen LogP contribution in [0.4, 0.5) is 5.69 Å². The van der Waals surface area contributed by atoms with Crippen LogP contribution < -0.4 is 4.90 Å². The first-order chi connectivity index (χ1) is 13.6. The van der Waals surface area contributed by atoms with Gasteiger partial charge in [-0.1, -0.05) is 18.2 Å². The van der Waals surface area contributed by atoms with Crippen LogP contribution in [0.25, 0.3) is 16.7 Å². The molecule has 7 nitrogen and oxygen atoms in total. The normalized spacial score (nSPS) is 18.4. The number of aryl methyl sites for hydroxylation is 1. The third-order valence-corrected chi connectivity index (χ3v) is 5.75. The molecule has 4 heterocycles. The summed E-state index contributed by atoms with van der Waals surface area (Å²) in [5.41, 5.74) is 3.10. The molecule has 2 aliphatic rings. The van der Waals surface area contributed by atoms with E-state index in [1.54, 1.807) is 10.7 Å². The third-order valence-electron chi connectivity index (χ3n) is 5.75. The maximum absolute atomic E-state index is 11.7. The van der Waals surface area contributed by atoms with Crippen LogP contribution >= 0.6 is 0 Å². The van der Waals surface area contributed by atoms with Crippen molar-refractivity contribution in [1.29, 1.82) is 0 Å². The van der Waals surface area contributed by atoms with Crippen molar-refractivity contribution in [3.63, 3.8) is 0 Å². The summed E-state index contributed by atoms with van der Waals surface area (Å²) in [4.78, 5) is 18.4. The van der Waals surface area contributed by atoms with E-state index in [2.05, 4.69) is 15.0 Å². The van der Waals surface area contributed by atoms with Gasteiger partial charge in [-0.3, -0.25) is 0 Å². The molecule has 0 radical (unpaired) electrons. The van der Waals surface area contributed by atoms with Crippen LogP contribution in [-0.4, -0.2) is 51.1 Å². The van der Waals surface area contributed by atoms with Gasteiger partial charge in [-0.15, -0.1) is 0 Å². The van der Waals surface area contributed by atoms with E-state index >= 15 is 0 Å². The molecule has 2 aromatic heterocycles. The lowest BCUT2D eigenvalue weighted by Gasteiger charge is -2.52. The second-order valence-corrected chi connectivity index (χ2v) is 7.71. The number of para-hydroxylation sites is 1. The van der Waals surface area contributed by atoms with Gasteiger partial charge >= 0.3 is 5.97 Å². The van der Waals surface area contributed by atoms with Gasteiger partial charge in [0.15, 0.2) is 11.3 Å². The van der Waals surface area contributed by atoms with Crippen molar-refractivity contribution in [3.05, 3.63) is 47.8 Å². The Morgan fingerprint density at radius 3 is 2.68 bits per heavy atom. The summed E-state index contributed by atoms with van der Waals surface area (Å²) in [7, 11) is 0. The lowest BCUT2D eigenvalue weighted by molar-refractivity contribution is -0.0948. The Balaban J connectivity index is 1.63. The minimum atomic E-state index is -1.04. The average molecular weight is 378 g/mol. The molecule has 0 aliphatic carbocycles. The molecule has 5 rings (SSSR count). The molecule has 1 N–H and O–H groups in total. The molecule has 0 bridgehead atoms. The Hall–Kier alpha value is -2.93. The first-order valence-corrected chi connectivity index (χ1v) is 9.64. The van der Waals surface area contributed by atoms with Gasteiger partial charge in [-0.2, -0.15) is 5.10 Å². The molecule has 28 heavy (non-hydrogen) atoms. The zero-order valence-electron chi connectivity index (χ0n) is 15.8. The molecule has 2 saturated heterocycles. The van der Waals surface area contributed by atoms with E-state index in [4.69, 9.17) is 4.74 Å². The van der Waals surface area contributed by atoms with E-state index in [0.29, 0.717) is 5.65 Å².